The summed E-state index contributed by atoms with van der Waals surface area (Å²) in [6.07, 6.45) is 6.93. The fourth-order valence-corrected chi connectivity index (χ4v) is 1.40. The first-order valence-electron chi connectivity index (χ1n) is 5.06. The lowest BCUT2D eigenvalue weighted by atomic mass is 10.1. The smallest absolute Gasteiger partial charge is 0.274 e. The van der Waals surface area contributed by atoms with E-state index in [4.69, 9.17) is 11.2 Å². The lowest BCUT2D eigenvalue weighted by Gasteiger charge is -2.12. The van der Waals surface area contributed by atoms with Crippen LogP contribution in [-0.4, -0.2) is 31.2 Å². The highest BCUT2D eigenvalue weighted by Gasteiger charge is 2.15. The van der Waals surface area contributed by atoms with Crippen molar-refractivity contribution in [2.45, 2.75) is 6.42 Å². The summed E-state index contributed by atoms with van der Waals surface area (Å²) >= 11 is 0. The lowest BCUT2D eigenvalue weighted by molar-refractivity contribution is -0.404. The molecule has 1 rings (SSSR count). The standard InChI is InChI=1S/C10H15N3O3/c1-2-4-11-10(7-13(14)15)12-6-9-3-5-16-8-9/h1,7,9,11-12H,3-6,8H2/b10-7+. The van der Waals surface area contributed by atoms with Gasteiger partial charge in [0.1, 0.15) is 0 Å². The molecule has 0 radical (unpaired) electrons. The van der Waals surface area contributed by atoms with Crippen molar-refractivity contribution in [3.05, 3.63) is 22.1 Å². The maximum atomic E-state index is 10.3. The fourth-order valence-electron chi connectivity index (χ4n) is 1.40. The first-order chi connectivity index (χ1) is 7.72. The molecular weight excluding hydrogens is 210 g/mol. The van der Waals surface area contributed by atoms with Crippen LogP contribution >= 0.6 is 0 Å². The van der Waals surface area contributed by atoms with Gasteiger partial charge in [0.05, 0.1) is 18.1 Å². The van der Waals surface area contributed by atoms with Crippen molar-refractivity contribution in [3.63, 3.8) is 0 Å². The second kappa shape index (κ2) is 6.69. The van der Waals surface area contributed by atoms with E-state index in [1.165, 1.54) is 0 Å². The number of rotatable bonds is 6. The van der Waals surface area contributed by atoms with E-state index in [1.54, 1.807) is 0 Å². The van der Waals surface area contributed by atoms with Crippen molar-refractivity contribution in [1.29, 1.82) is 0 Å². The van der Waals surface area contributed by atoms with Crippen molar-refractivity contribution in [2.75, 3.05) is 26.3 Å². The molecule has 6 nitrogen and oxygen atoms in total. The molecule has 0 amide bonds. The Balaban J connectivity index is 2.37. The monoisotopic (exact) mass is 225 g/mol. The Morgan fingerprint density at radius 3 is 3.06 bits per heavy atom. The van der Waals surface area contributed by atoms with Gasteiger partial charge in [-0.1, -0.05) is 5.92 Å². The molecule has 0 aromatic heterocycles. The van der Waals surface area contributed by atoms with E-state index >= 15 is 0 Å². The first kappa shape index (κ1) is 12.3. The highest BCUT2D eigenvalue weighted by Crippen LogP contribution is 2.10. The summed E-state index contributed by atoms with van der Waals surface area (Å²) in [7, 11) is 0. The molecule has 1 aliphatic heterocycles. The Hall–Kier alpha value is -1.74. The average molecular weight is 225 g/mol. The van der Waals surface area contributed by atoms with Gasteiger partial charge in [0, 0.05) is 19.1 Å². The van der Waals surface area contributed by atoms with Crippen LogP contribution in [0, 0.1) is 28.4 Å². The summed E-state index contributed by atoms with van der Waals surface area (Å²) < 4.78 is 5.21. The van der Waals surface area contributed by atoms with Crippen LogP contribution in [0.4, 0.5) is 0 Å². The number of ether oxygens (including phenoxy) is 1. The molecule has 1 unspecified atom stereocenters. The Kier molecular flexibility index (Phi) is 5.16. The highest BCUT2D eigenvalue weighted by molar-refractivity contribution is 4.98. The number of hydrogen-bond acceptors (Lipinski definition) is 5. The summed E-state index contributed by atoms with van der Waals surface area (Å²) in [5, 5.41) is 16.1. The summed E-state index contributed by atoms with van der Waals surface area (Å²) in [5.41, 5.74) is 0. The van der Waals surface area contributed by atoms with Crippen molar-refractivity contribution >= 4 is 0 Å². The van der Waals surface area contributed by atoms with Crippen LogP contribution in [0.3, 0.4) is 0 Å². The minimum atomic E-state index is -0.517. The summed E-state index contributed by atoms with van der Waals surface area (Å²) in [5.74, 6) is 3.11. The second-order valence-electron chi connectivity index (χ2n) is 3.50. The molecular formula is C10H15N3O3. The number of hydrogen-bond donors (Lipinski definition) is 2. The normalized spacial score (nSPS) is 20.2. The third-order valence-corrected chi connectivity index (χ3v) is 2.22. The first-order valence-corrected chi connectivity index (χ1v) is 5.06. The molecule has 0 bridgehead atoms. The molecule has 16 heavy (non-hydrogen) atoms. The molecule has 1 fully saturated rings. The van der Waals surface area contributed by atoms with Gasteiger partial charge in [0.2, 0.25) is 0 Å². The zero-order chi connectivity index (χ0) is 11.8. The van der Waals surface area contributed by atoms with Crippen LogP contribution in [-0.2, 0) is 4.74 Å². The van der Waals surface area contributed by atoms with Gasteiger partial charge >= 0.3 is 0 Å². The van der Waals surface area contributed by atoms with Gasteiger partial charge in [-0.25, -0.2) is 0 Å². The van der Waals surface area contributed by atoms with Crippen molar-refractivity contribution in [2.24, 2.45) is 5.92 Å². The minimum absolute atomic E-state index is 0.258. The average Bonchev–Trinajstić information content (AvgIpc) is 2.74. The number of nitrogens with zero attached hydrogens (tertiary/aromatic N) is 1. The van der Waals surface area contributed by atoms with Crippen LogP contribution in [0.5, 0.6) is 0 Å². The lowest BCUT2D eigenvalue weighted by Crippen LogP contribution is -2.31. The molecule has 0 aliphatic carbocycles. The van der Waals surface area contributed by atoms with E-state index < -0.39 is 4.92 Å². The molecule has 2 N–H and O–H groups in total. The zero-order valence-electron chi connectivity index (χ0n) is 8.94. The van der Waals surface area contributed by atoms with Crippen LogP contribution in [0.25, 0.3) is 0 Å². The maximum Gasteiger partial charge on any atom is 0.274 e. The van der Waals surface area contributed by atoms with Crippen LogP contribution in [0.15, 0.2) is 12.0 Å². The fraction of sp³-hybridized carbons (Fsp3) is 0.600. The van der Waals surface area contributed by atoms with E-state index in [0.29, 0.717) is 24.9 Å². The molecule has 1 saturated heterocycles. The van der Waals surface area contributed by atoms with Crippen molar-refractivity contribution in [1.82, 2.24) is 10.6 Å². The molecule has 88 valence electrons. The van der Waals surface area contributed by atoms with Gasteiger partial charge in [-0.2, -0.15) is 0 Å². The predicted molar refractivity (Wildman–Crippen MR) is 58.8 cm³/mol. The largest absolute Gasteiger partial charge is 0.381 e. The van der Waals surface area contributed by atoms with Gasteiger partial charge in [-0.15, -0.1) is 6.42 Å². The van der Waals surface area contributed by atoms with E-state index in [2.05, 4.69) is 16.6 Å². The Labute approximate surface area is 94.2 Å². The summed E-state index contributed by atoms with van der Waals surface area (Å²) in [6.45, 7) is 2.37. The third-order valence-electron chi connectivity index (χ3n) is 2.22. The molecule has 0 aromatic carbocycles. The van der Waals surface area contributed by atoms with Crippen LogP contribution < -0.4 is 10.6 Å². The zero-order valence-corrected chi connectivity index (χ0v) is 8.94. The highest BCUT2D eigenvalue weighted by atomic mass is 16.6. The topological polar surface area (TPSA) is 76.4 Å². The Morgan fingerprint density at radius 1 is 1.69 bits per heavy atom. The Bertz CT molecular complexity index is 303. The minimum Gasteiger partial charge on any atom is -0.381 e. The summed E-state index contributed by atoms with van der Waals surface area (Å²) in [6, 6.07) is 0. The second-order valence-corrected chi connectivity index (χ2v) is 3.50. The quantitative estimate of drug-likeness (QED) is 0.375. The molecule has 6 heteroatoms. The van der Waals surface area contributed by atoms with E-state index in [-0.39, 0.29) is 6.54 Å². The van der Waals surface area contributed by atoms with Gasteiger partial charge in [-0.3, -0.25) is 10.1 Å². The molecule has 0 spiro atoms. The molecule has 0 saturated carbocycles. The van der Waals surface area contributed by atoms with Gasteiger partial charge < -0.3 is 15.4 Å². The van der Waals surface area contributed by atoms with Crippen LogP contribution in [0.2, 0.25) is 0 Å². The van der Waals surface area contributed by atoms with E-state index in [1.807, 2.05) is 0 Å². The van der Waals surface area contributed by atoms with E-state index in [9.17, 15) is 10.1 Å². The number of nitrogens with one attached hydrogen (secondary N) is 2. The summed E-state index contributed by atoms with van der Waals surface area (Å²) in [4.78, 5) is 9.82. The number of nitro groups is 1. The Morgan fingerprint density at radius 2 is 2.50 bits per heavy atom. The van der Waals surface area contributed by atoms with Gasteiger partial charge in [0.25, 0.3) is 6.20 Å². The van der Waals surface area contributed by atoms with Crippen molar-refractivity contribution in [3.8, 4) is 12.3 Å². The molecule has 1 heterocycles. The SMILES string of the molecule is C#CCN/C(=C\[N+](=O)[O-])NCC1CCOC1. The van der Waals surface area contributed by atoms with Crippen LogP contribution in [0.1, 0.15) is 6.42 Å². The maximum absolute atomic E-state index is 10.3. The molecule has 0 aromatic rings. The van der Waals surface area contributed by atoms with Gasteiger partial charge in [0.15, 0.2) is 5.82 Å². The third kappa shape index (κ3) is 4.66. The van der Waals surface area contributed by atoms with Crippen molar-refractivity contribution < 1.29 is 9.66 Å². The molecule has 1 aliphatic rings. The predicted octanol–water partition coefficient (Wildman–Crippen LogP) is -0.0891. The molecule has 1 atom stereocenters. The number of terminal acetylenes is 1. The van der Waals surface area contributed by atoms with E-state index in [0.717, 1.165) is 19.2 Å². The van der Waals surface area contributed by atoms with Gasteiger partial charge in [-0.05, 0) is 6.42 Å².